The highest BCUT2D eigenvalue weighted by Crippen LogP contribution is 2.53. The topological polar surface area (TPSA) is 17.1 Å². The molecule has 1 nitrogen and oxygen atoms in total. The fraction of sp³-hybridized carbons (Fsp3) is 0.364. The lowest BCUT2D eigenvalue weighted by Gasteiger charge is -2.18. The summed E-state index contributed by atoms with van der Waals surface area (Å²) in [6, 6.07) is 0. The van der Waals surface area contributed by atoms with Crippen LogP contribution in [-0.4, -0.2) is 5.78 Å². The van der Waals surface area contributed by atoms with Crippen LogP contribution in [0.25, 0.3) is 0 Å². The van der Waals surface area contributed by atoms with Gasteiger partial charge in [0, 0.05) is 11.8 Å². The standard InChI is InChI=1S/C11H10O/c12-10-6-8-2-1-3-9(8)7-11(10)4-5-11/h1-3,7H,4-6H2. The molecule has 1 heteroatoms. The Bertz CT molecular complexity index is 351. The summed E-state index contributed by atoms with van der Waals surface area (Å²) >= 11 is 0. The molecule has 0 aliphatic heterocycles. The predicted octanol–water partition coefficient (Wildman–Crippen LogP) is 2.16. The zero-order valence-corrected chi connectivity index (χ0v) is 6.84. The summed E-state index contributed by atoms with van der Waals surface area (Å²) in [5.74, 6) is 0.432. The Labute approximate surface area is 71.5 Å². The molecular weight excluding hydrogens is 148 g/mol. The first-order valence-electron chi connectivity index (χ1n) is 4.44. The highest BCUT2D eigenvalue weighted by molar-refractivity contribution is 5.94. The van der Waals surface area contributed by atoms with E-state index < -0.39 is 0 Å². The molecule has 0 aromatic rings. The van der Waals surface area contributed by atoms with Gasteiger partial charge in [0.15, 0.2) is 0 Å². The first-order chi connectivity index (χ1) is 5.80. The van der Waals surface area contributed by atoms with Gasteiger partial charge in [0.1, 0.15) is 5.78 Å². The molecule has 12 heavy (non-hydrogen) atoms. The van der Waals surface area contributed by atoms with E-state index in [1.165, 1.54) is 11.1 Å². The van der Waals surface area contributed by atoms with Crippen LogP contribution in [0.1, 0.15) is 19.3 Å². The number of allylic oxidation sites excluding steroid dienone is 6. The normalized spacial score (nSPS) is 28.5. The molecule has 0 bridgehead atoms. The molecule has 0 atom stereocenters. The van der Waals surface area contributed by atoms with E-state index in [4.69, 9.17) is 0 Å². The molecule has 0 amide bonds. The molecule has 0 heterocycles. The smallest absolute Gasteiger partial charge is 0.147 e. The number of fused-ring (bicyclic) bond motifs is 1. The number of carbonyl (C=O) groups excluding carboxylic acids is 1. The van der Waals surface area contributed by atoms with Crippen molar-refractivity contribution in [2.24, 2.45) is 5.41 Å². The van der Waals surface area contributed by atoms with Crippen molar-refractivity contribution in [2.45, 2.75) is 19.3 Å². The molecule has 3 rings (SSSR count). The maximum atomic E-state index is 11.6. The van der Waals surface area contributed by atoms with Crippen LogP contribution >= 0.6 is 0 Å². The van der Waals surface area contributed by atoms with Crippen molar-refractivity contribution in [1.82, 2.24) is 0 Å². The van der Waals surface area contributed by atoms with Crippen LogP contribution in [0.3, 0.4) is 0 Å². The fourth-order valence-corrected chi connectivity index (χ4v) is 2.06. The Morgan fingerprint density at radius 1 is 1.33 bits per heavy atom. The Morgan fingerprint density at radius 3 is 2.92 bits per heavy atom. The van der Waals surface area contributed by atoms with Crippen LogP contribution in [0.2, 0.25) is 0 Å². The lowest BCUT2D eigenvalue weighted by Crippen LogP contribution is -2.18. The Kier molecular flexibility index (Phi) is 0.957. The van der Waals surface area contributed by atoms with E-state index in [0.717, 1.165) is 12.8 Å². The molecule has 3 aliphatic rings. The first-order valence-corrected chi connectivity index (χ1v) is 4.44. The van der Waals surface area contributed by atoms with Crippen molar-refractivity contribution in [3.63, 3.8) is 0 Å². The average Bonchev–Trinajstić information content (AvgIpc) is 2.67. The van der Waals surface area contributed by atoms with E-state index in [1.54, 1.807) is 0 Å². The van der Waals surface area contributed by atoms with Crippen molar-refractivity contribution < 1.29 is 4.79 Å². The summed E-state index contributed by atoms with van der Waals surface area (Å²) in [5.41, 5.74) is 2.51. The minimum absolute atomic E-state index is 0.0125. The molecule has 1 spiro atoms. The monoisotopic (exact) mass is 158 g/mol. The fourth-order valence-electron chi connectivity index (χ4n) is 2.06. The van der Waals surface area contributed by atoms with Crippen molar-refractivity contribution >= 4 is 5.78 Å². The Balaban J connectivity index is 2.13. The van der Waals surface area contributed by atoms with E-state index in [0.29, 0.717) is 12.2 Å². The van der Waals surface area contributed by atoms with E-state index in [-0.39, 0.29) is 5.41 Å². The molecule has 3 aliphatic carbocycles. The zero-order chi connectivity index (χ0) is 8.18. The molecule has 0 N–H and O–H groups in total. The Morgan fingerprint density at radius 2 is 2.17 bits per heavy atom. The van der Waals surface area contributed by atoms with Gasteiger partial charge >= 0.3 is 0 Å². The van der Waals surface area contributed by atoms with E-state index in [1.807, 2.05) is 6.08 Å². The van der Waals surface area contributed by atoms with Crippen LogP contribution in [0.4, 0.5) is 0 Å². The van der Waals surface area contributed by atoms with Gasteiger partial charge in [-0.2, -0.15) is 0 Å². The highest BCUT2D eigenvalue weighted by atomic mass is 16.1. The van der Waals surface area contributed by atoms with Crippen molar-refractivity contribution in [3.8, 4) is 0 Å². The van der Waals surface area contributed by atoms with Gasteiger partial charge in [0.05, 0.1) is 0 Å². The number of carbonyl (C=O) groups is 1. The van der Waals surface area contributed by atoms with Gasteiger partial charge in [-0.3, -0.25) is 4.79 Å². The minimum atomic E-state index is -0.0125. The third-order valence-electron chi connectivity index (χ3n) is 3.07. The van der Waals surface area contributed by atoms with E-state index >= 15 is 0 Å². The summed E-state index contributed by atoms with van der Waals surface area (Å²) in [6.07, 6.45) is 11.2. The maximum absolute atomic E-state index is 11.6. The van der Waals surface area contributed by atoms with Crippen molar-refractivity contribution in [2.75, 3.05) is 0 Å². The van der Waals surface area contributed by atoms with Gasteiger partial charge < -0.3 is 0 Å². The highest BCUT2D eigenvalue weighted by Gasteiger charge is 2.49. The van der Waals surface area contributed by atoms with Crippen LogP contribution in [0.15, 0.2) is 35.5 Å². The van der Waals surface area contributed by atoms with Crippen LogP contribution in [0.5, 0.6) is 0 Å². The van der Waals surface area contributed by atoms with Crippen molar-refractivity contribution in [1.29, 1.82) is 0 Å². The third-order valence-corrected chi connectivity index (χ3v) is 3.07. The summed E-state index contributed by atoms with van der Waals surface area (Å²) in [7, 11) is 0. The number of hydrogen-bond donors (Lipinski definition) is 0. The first kappa shape index (κ1) is 6.41. The van der Waals surface area contributed by atoms with Gasteiger partial charge in [0.25, 0.3) is 0 Å². The van der Waals surface area contributed by atoms with Gasteiger partial charge in [-0.25, -0.2) is 0 Å². The molecule has 0 radical (unpaired) electrons. The van der Waals surface area contributed by atoms with Crippen LogP contribution in [-0.2, 0) is 4.79 Å². The lowest BCUT2D eigenvalue weighted by molar-refractivity contribution is -0.122. The molecule has 60 valence electrons. The number of hydrogen-bond acceptors (Lipinski definition) is 1. The number of Topliss-reactive ketones (excluding diaryl/α,β-unsaturated/α-hetero) is 1. The SMILES string of the molecule is O=C1CC2=CC=CC2=CC12CC2. The van der Waals surface area contributed by atoms with Gasteiger partial charge in [-0.15, -0.1) is 0 Å². The molecular formula is C11H10O. The second-order valence-electron chi connectivity index (χ2n) is 3.91. The molecule has 1 fully saturated rings. The quantitative estimate of drug-likeness (QED) is 0.528. The second kappa shape index (κ2) is 1.79. The summed E-state index contributed by atoms with van der Waals surface area (Å²) in [5, 5.41) is 0. The minimum Gasteiger partial charge on any atom is -0.298 e. The largest absolute Gasteiger partial charge is 0.298 e. The van der Waals surface area contributed by atoms with E-state index in [9.17, 15) is 4.79 Å². The predicted molar refractivity (Wildman–Crippen MR) is 46.6 cm³/mol. The molecule has 1 saturated carbocycles. The van der Waals surface area contributed by atoms with Gasteiger partial charge in [-0.1, -0.05) is 24.3 Å². The summed E-state index contributed by atoms with van der Waals surface area (Å²) in [6.45, 7) is 0. The van der Waals surface area contributed by atoms with Crippen LogP contribution in [0, 0.1) is 5.41 Å². The maximum Gasteiger partial charge on any atom is 0.147 e. The lowest BCUT2D eigenvalue weighted by atomic mass is 9.85. The van der Waals surface area contributed by atoms with E-state index in [2.05, 4.69) is 18.2 Å². The van der Waals surface area contributed by atoms with Gasteiger partial charge in [0.2, 0.25) is 0 Å². The molecule has 0 aromatic carbocycles. The second-order valence-corrected chi connectivity index (χ2v) is 3.91. The molecule has 0 aromatic heterocycles. The van der Waals surface area contributed by atoms with Gasteiger partial charge in [-0.05, 0) is 24.0 Å². The van der Waals surface area contributed by atoms with Crippen LogP contribution < -0.4 is 0 Å². The molecule has 0 saturated heterocycles. The average molecular weight is 158 g/mol. The Hall–Kier alpha value is -1.11. The third kappa shape index (κ3) is 0.663. The number of ketones is 1. The molecule has 0 unspecified atom stereocenters. The number of rotatable bonds is 0. The summed E-state index contributed by atoms with van der Waals surface area (Å²) in [4.78, 5) is 11.6. The van der Waals surface area contributed by atoms with Crippen molar-refractivity contribution in [3.05, 3.63) is 35.5 Å². The summed E-state index contributed by atoms with van der Waals surface area (Å²) < 4.78 is 0. The zero-order valence-electron chi connectivity index (χ0n) is 6.84.